The number of ether oxygens (including phenoxy) is 1. The monoisotopic (exact) mass is 377 g/mol. The molecule has 0 bridgehead atoms. The topological polar surface area (TPSA) is 64.6 Å². The molecule has 2 atom stereocenters. The molecule has 0 radical (unpaired) electrons. The molecule has 0 aliphatic carbocycles. The molecule has 2 aromatic rings. The van der Waals surface area contributed by atoms with E-state index in [0.717, 1.165) is 10.8 Å². The molecule has 0 aromatic heterocycles. The van der Waals surface area contributed by atoms with Crippen LogP contribution in [0.4, 0.5) is 0 Å². The van der Waals surface area contributed by atoms with Gasteiger partial charge in [0.05, 0.1) is 11.3 Å². The van der Waals surface area contributed by atoms with E-state index in [1.54, 1.807) is 26.8 Å². The summed E-state index contributed by atoms with van der Waals surface area (Å²) in [5, 5.41) is 4.07. The van der Waals surface area contributed by atoms with Crippen molar-refractivity contribution in [3.63, 3.8) is 0 Å². The number of nitrogens with one attached hydrogen (secondary N) is 1. The summed E-state index contributed by atoms with van der Waals surface area (Å²) in [7, 11) is -3.43. The van der Waals surface area contributed by atoms with Crippen LogP contribution in [-0.4, -0.2) is 23.3 Å². The van der Waals surface area contributed by atoms with E-state index in [9.17, 15) is 9.36 Å². The van der Waals surface area contributed by atoms with E-state index in [-0.39, 0.29) is 6.10 Å². The lowest BCUT2D eigenvalue weighted by Crippen LogP contribution is -2.40. The van der Waals surface area contributed by atoms with Gasteiger partial charge in [-0.05, 0) is 53.0 Å². The Bertz CT molecular complexity index is 821. The van der Waals surface area contributed by atoms with Crippen LogP contribution in [-0.2, 0) is 14.1 Å². The van der Waals surface area contributed by atoms with Crippen molar-refractivity contribution < 1.29 is 18.6 Å². The predicted octanol–water partition coefficient (Wildman–Crippen LogP) is 5.14. The van der Waals surface area contributed by atoms with E-state index >= 15 is 0 Å². The molecular formula is C20H28NO4P. The van der Waals surface area contributed by atoms with Crippen LogP contribution in [0.5, 0.6) is 5.75 Å². The van der Waals surface area contributed by atoms with Crippen molar-refractivity contribution in [1.29, 1.82) is 0 Å². The number of hydrogen-bond acceptors (Lipinski definition) is 4. The van der Waals surface area contributed by atoms with E-state index in [4.69, 9.17) is 9.26 Å². The summed E-state index contributed by atoms with van der Waals surface area (Å²) >= 11 is 0. The fourth-order valence-electron chi connectivity index (χ4n) is 2.41. The molecule has 26 heavy (non-hydrogen) atoms. The van der Waals surface area contributed by atoms with Crippen molar-refractivity contribution in [2.24, 2.45) is 0 Å². The number of carbonyl (C=O) groups is 1. The van der Waals surface area contributed by atoms with Gasteiger partial charge in [0.1, 0.15) is 11.8 Å². The Morgan fingerprint density at radius 2 is 1.65 bits per heavy atom. The zero-order valence-electron chi connectivity index (χ0n) is 16.3. The van der Waals surface area contributed by atoms with Crippen molar-refractivity contribution >= 4 is 24.3 Å². The standard InChI is InChI=1S/C20H28NO4P/c1-14(2)24-19(22)15(3)21-26(23,20(4,5)6)25-18-13-9-11-16-10-7-8-12-17(16)18/h7-15H,1-6H3,(H,21,23)/t15-,26-/m0/s1. The fourth-order valence-corrected chi connectivity index (χ4v) is 4.18. The first-order chi connectivity index (χ1) is 12.0. The zero-order chi connectivity index (χ0) is 19.5. The maximum atomic E-state index is 13.7. The molecule has 0 spiro atoms. The van der Waals surface area contributed by atoms with E-state index in [1.165, 1.54) is 0 Å². The number of esters is 1. The summed E-state index contributed by atoms with van der Waals surface area (Å²) in [6.45, 7) is 10.7. The van der Waals surface area contributed by atoms with E-state index in [0.29, 0.717) is 5.75 Å². The molecule has 142 valence electrons. The first-order valence-corrected chi connectivity index (χ1v) is 10.4. The third-order valence-electron chi connectivity index (χ3n) is 3.93. The quantitative estimate of drug-likeness (QED) is 0.558. The molecule has 0 amide bonds. The first kappa shape index (κ1) is 20.5. The summed E-state index contributed by atoms with van der Waals surface area (Å²) in [6.07, 6.45) is -0.236. The lowest BCUT2D eigenvalue weighted by molar-refractivity contribution is -0.149. The Hall–Kier alpha value is -1.84. The number of fused-ring (bicyclic) bond motifs is 1. The fraction of sp³-hybridized carbons (Fsp3) is 0.450. The molecule has 5 nitrogen and oxygen atoms in total. The molecule has 0 fully saturated rings. The average molecular weight is 377 g/mol. The van der Waals surface area contributed by atoms with Gasteiger partial charge in [0.25, 0.3) is 0 Å². The molecule has 0 saturated carbocycles. The Morgan fingerprint density at radius 3 is 2.27 bits per heavy atom. The van der Waals surface area contributed by atoms with E-state index in [1.807, 2.05) is 57.2 Å². The molecule has 1 N–H and O–H groups in total. The molecule has 2 rings (SSSR count). The summed E-state index contributed by atoms with van der Waals surface area (Å²) in [4.78, 5) is 12.2. The summed E-state index contributed by atoms with van der Waals surface area (Å²) in [6, 6.07) is 12.6. The largest absolute Gasteiger partial charge is 0.462 e. The van der Waals surface area contributed by atoms with Crippen LogP contribution >= 0.6 is 7.52 Å². The van der Waals surface area contributed by atoms with Gasteiger partial charge in [0.2, 0.25) is 0 Å². The highest BCUT2D eigenvalue weighted by Crippen LogP contribution is 2.56. The van der Waals surface area contributed by atoms with E-state index in [2.05, 4.69) is 5.09 Å². The van der Waals surface area contributed by atoms with Crippen molar-refractivity contribution in [2.45, 2.75) is 58.8 Å². The van der Waals surface area contributed by atoms with Gasteiger partial charge < -0.3 is 9.26 Å². The van der Waals surface area contributed by atoms with Gasteiger partial charge in [-0.1, -0.05) is 36.4 Å². The number of rotatable bonds is 6. The van der Waals surface area contributed by atoms with Crippen molar-refractivity contribution in [3.05, 3.63) is 42.5 Å². The molecule has 0 aliphatic rings. The molecule has 0 aliphatic heterocycles. The van der Waals surface area contributed by atoms with Gasteiger partial charge in [-0.3, -0.25) is 9.36 Å². The smallest absolute Gasteiger partial charge is 0.323 e. The minimum absolute atomic E-state index is 0.236. The van der Waals surface area contributed by atoms with Crippen LogP contribution in [0, 0.1) is 0 Å². The van der Waals surface area contributed by atoms with Gasteiger partial charge in [-0.15, -0.1) is 0 Å². The average Bonchev–Trinajstić information content (AvgIpc) is 2.53. The van der Waals surface area contributed by atoms with Crippen molar-refractivity contribution in [3.8, 4) is 5.75 Å². The van der Waals surface area contributed by atoms with Crippen LogP contribution < -0.4 is 9.61 Å². The van der Waals surface area contributed by atoms with Crippen LogP contribution in [0.15, 0.2) is 42.5 Å². The second-order valence-corrected chi connectivity index (χ2v) is 10.5. The molecule has 6 heteroatoms. The summed E-state index contributed by atoms with van der Waals surface area (Å²) in [5.41, 5.74) is 0. The van der Waals surface area contributed by atoms with Crippen LogP contribution in [0.3, 0.4) is 0 Å². The molecule has 2 aromatic carbocycles. The molecule has 0 heterocycles. The number of benzene rings is 2. The lowest BCUT2D eigenvalue weighted by atomic mass is 10.1. The highest BCUT2D eigenvalue weighted by molar-refractivity contribution is 7.59. The Balaban J connectivity index is 2.35. The van der Waals surface area contributed by atoms with Gasteiger partial charge >= 0.3 is 13.5 Å². The van der Waals surface area contributed by atoms with Crippen LogP contribution in [0.1, 0.15) is 41.5 Å². The van der Waals surface area contributed by atoms with Crippen LogP contribution in [0.25, 0.3) is 10.8 Å². The minimum atomic E-state index is -3.43. The lowest BCUT2D eigenvalue weighted by Gasteiger charge is -2.33. The molecular weight excluding hydrogens is 349 g/mol. The highest BCUT2D eigenvalue weighted by atomic mass is 31.2. The van der Waals surface area contributed by atoms with Crippen LogP contribution in [0.2, 0.25) is 0 Å². The second-order valence-electron chi connectivity index (χ2n) is 7.63. The SMILES string of the molecule is CC(C)OC(=O)[C@H](C)N[P@@](=O)(Oc1cccc2ccccc12)C(C)(C)C. The molecule has 0 unspecified atom stereocenters. The molecule has 0 saturated heterocycles. The third kappa shape index (κ3) is 4.66. The van der Waals surface area contributed by atoms with Gasteiger partial charge in [0.15, 0.2) is 0 Å². The summed E-state index contributed by atoms with van der Waals surface area (Å²) in [5.74, 6) is 0.0734. The van der Waals surface area contributed by atoms with Gasteiger partial charge in [-0.2, -0.15) is 0 Å². The first-order valence-electron chi connectivity index (χ1n) is 8.79. The van der Waals surface area contributed by atoms with E-state index < -0.39 is 24.7 Å². The summed E-state index contributed by atoms with van der Waals surface area (Å²) < 4.78 is 25.0. The maximum absolute atomic E-state index is 13.7. The van der Waals surface area contributed by atoms with Gasteiger partial charge in [-0.25, -0.2) is 5.09 Å². The number of carbonyl (C=O) groups excluding carboxylic acids is 1. The normalized spacial score (nSPS) is 15.5. The maximum Gasteiger partial charge on any atom is 0.323 e. The number of hydrogen-bond donors (Lipinski definition) is 1. The van der Waals surface area contributed by atoms with Gasteiger partial charge in [0, 0.05) is 5.39 Å². The zero-order valence-corrected chi connectivity index (χ0v) is 17.2. The highest BCUT2D eigenvalue weighted by Gasteiger charge is 2.42. The minimum Gasteiger partial charge on any atom is -0.462 e. The van der Waals surface area contributed by atoms with Crippen molar-refractivity contribution in [2.75, 3.05) is 0 Å². The Labute approximate surface area is 155 Å². The Kier molecular flexibility index (Phi) is 6.15. The predicted molar refractivity (Wildman–Crippen MR) is 106 cm³/mol. The Morgan fingerprint density at radius 1 is 1.04 bits per heavy atom. The third-order valence-corrected chi connectivity index (χ3v) is 6.88. The second kappa shape index (κ2) is 7.81. The van der Waals surface area contributed by atoms with Crippen molar-refractivity contribution in [1.82, 2.24) is 5.09 Å².